The van der Waals surface area contributed by atoms with Gasteiger partial charge in [-0.05, 0) is 67.8 Å². The molecule has 0 aliphatic carbocycles. The van der Waals surface area contributed by atoms with Crippen LogP contribution in [0.5, 0.6) is 5.75 Å². The lowest BCUT2D eigenvalue weighted by atomic mass is 9.82. The second-order valence-corrected chi connectivity index (χ2v) is 7.12. The summed E-state index contributed by atoms with van der Waals surface area (Å²) in [6.07, 6.45) is 4.75. The zero-order chi connectivity index (χ0) is 15.3. The summed E-state index contributed by atoms with van der Waals surface area (Å²) in [5, 5.41) is 4.13. The predicted octanol–water partition coefficient (Wildman–Crippen LogP) is 5.22. The van der Waals surface area contributed by atoms with Crippen LogP contribution in [0.25, 0.3) is 0 Å². The molecular weight excluding hydrogens is 317 g/mol. The van der Waals surface area contributed by atoms with Crippen molar-refractivity contribution in [2.45, 2.75) is 51.9 Å². The van der Waals surface area contributed by atoms with Crippen LogP contribution in [0.2, 0.25) is 5.02 Å². The third kappa shape index (κ3) is 5.33. The number of rotatable bonds is 6. The maximum Gasteiger partial charge on any atom is 0.137 e. The smallest absolute Gasteiger partial charge is 0.137 e. The van der Waals surface area contributed by atoms with Gasteiger partial charge < -0.3 is 10.1 Å². The summed E-state index contributed by atoms with van der Waals surface area (Å²) in [7, 11) is 0. The zero-order valence-corrected chi connectivity index (χ0v) is 15.5. The highest BCUT2D eigenvalue weighted by Gasteiger charge is 2.19. The Kier molecular flexibility index (Phi) is 8.02. The molecule has 1 aliphatic heterocycles. The van der Waals surface area contributed by atoms with Gasteiger partial charge in [0.15, 0.2) is 0 Å². The van der Waals surface area contributed by atoms with Gasteiger partial charge in [-0.15, -0.1) is 12.4 Å². The Morgan fingerprint density at radius 3 is 2.55 bits per heavy atom. The van der Waals surface area contributed by atoms with Crippen LogP contribution in [0, 0.1) is 5.92 Å². The first-order valence-electron chi connectivity index (χ1n) is 8.16. The lowest BCUT2D eigenvalue weighted by Crippen LogP contribution is -2.28. The summed E-state index contributed by atoms with van der Waals surface area (Å²) in [5.41, 5.74) is 1.44. The molecular formula is C18H29Cl2NO. The monoisotopic (exact) mass is 345 g/mol. The molecule has 4 heteroatoms. The van der Waals surface area contributed by atoms with E-state index in [4.69, 9.17) is 16.3 Å². The number of benzene rings is 1. The molecule has 22 heavy (non-hydrogen) atoms. The lowest BCUT2D eigenvalue weighted by molar-refractivity contribution is 0.252. The molecule has 1 aromatic carbocycles. The lowest BCUT2D eigenvalue weighted by Gasteiger charge is -2.24. The number of hydrogen-bond acceptors (Lipinski definition) is 2. The second-order valence-electron chi connectivity index (χ2n) is 6.71. The van der Waals surface area contributed by atoms with Crippen LogP contribution < -0.4 is 10.1 Å². The fourth-order valence-corrected chi connectivity index (χ4v) is 2.98. The minimum Gasteiger partial charge on any atom is -0.492 e. The van der Waals surface area contributed by atoms with Crippen molar-refractivity contribution in [1.82, 2.24) is 5.32 Å². The Morgan fingerprint density at radius 2 is 1.95 bits per heavy atom. The van der Waals surface area contributed by atoms with Crippen molar-refractivity contribution < 1.29 is 4.74 Å². The van der Waals surface area contributed by atoms with Crippen molar-refractivity contribution in [3.63, 3.8) is 0 Å². The molecule has 1 saturated heterocycles. The number of nitrogens with one attached hydrogen (secondary N) is 1. The van der Waals surface area contributed by atoms with Gasteiger partial charge in [0.1, 0.15) is 5.75 Å². The van der Waals surface area contributed by atoms with E-state index in [9.17, 15) is 0 Å². The summed E-state index contributed by atoms with van der Waals surface area (Å²) in [6.45, 7) is 9.75. The van der Waals surface area contributed by atoms with Crippen molar-refractivity contribution in [3.05, 3.63) is 28.8 Å². The van der Waals surface area contributed by atoms with Gasteiger partial charge >= 0.3 is 0 Å². The van der Waals surface area contributed by atoms with E-state index in [1.807, 2.05) is 6.07 Å². The molecule has 2 rings (SSSR count). The van der Waals surface area contributed by atoms with Crippen molar-refractivity contribution in [2.24, 2.45) is 5.92 Å². The topological polar surface area (TPSA) is 21.3 Å². The van der Waals surface area contributed by atoms with E-state index < -0.39 is 0 Å². The maximum atomic E-state index is 6.38. The molecule has 1 N–H and O–H groups in total. The number of ether oxygens (including phenoxy) is 1. The molecule has 0 saturated carbocycles. The van der Waals surface area contributed by atoms with Crippen molar-refractivity contribution in [3.8, 4) is 5.75 Å². The molecule has 0 radical (unpaired) electrons. The van der Waals surface area contributed by atoms with Gasteiger partial charge in [0.25, 0.3) is 0 Å². The van der Waals surface area contributed by atoms with Gasteiger partial charge in [0.05, 0.1) is 11.6 Å². The van der Waals surface area contributed by atoms with E-state index in [0.717, 1.165) is 49.2 Å². The van der Waals surface area contributed by atoms with Gasteiger partial charge in [-0.25, -0.2) is 0 Å². The average molecular weight is 346 g/mol. The van der Waals surface area contributed by atoms with Crippen molar-refractivity contribution in [1.29, 1.82) is 0 Å². The van der Waals surface area contributed by atoms with E-state index in [0.29, 0.717) is 0 Å². The van der Waals surface area contributed by atoms with E-state index in [1.165, 1.54) is 18.4 Å². The first-order chi connectivity index (χ1) is 10.0. The average Bonchev–Trinajstić information content (AvgIpc) is 2.50. The van der Waals surface area contributed by atoms with Gasteiger partial charge in [-0.3, -0.25) is 0 Å². The standard InChI is InChI=1S/C18H28ClNO.ClH/c1-4-18(2,3)15-5-6-17(16(19)13-15)21-12-9-14-7-10-20-11-8-14;/h5-6,13-14,20H,4,7-12H2,1-3H3;1H. The maximum absolute atomic E-state index is 6.38. The molecule has 0 spiro atoms. The Hall–Kier alpha value is -0.440. The molecule has 0 bridgehead atoms. The van der Waals surface area contributed by atoms with Crippen LogP contribution in [-0.4, -0.2) is 19.7 Å². The highest BCUT2D eigenvalue weighted by atomic mass is 35.5. The van der Waals surface area contributed by atoms with Gasteiger partial charge in [0.2, 0.25) is 0 Å². The molecule has 0 atom stereocenters. The zero-order valence-electron chi connectivity index (χ0n) is 14.0. The van der Waals surface area contributed by atoms with Crippen molar-refractivity contribution in [2.75, 3.05) is 19.7 Å². The summed E-state index contributed by atoms with van der Waals surface area (Å²) < 4.78 is 5.89. The molecule has 0 amide bonds. The van der Waals surface area contributed by atoms with E-state index in [2.05, 4.69) is 38.2 Å². The second kappa shape index (κ2) is 9.00. The molecule has 1 aliphatic rings. The summed E-state index contributed by atoms with van der Waals surface area (Å²) in [5.74, 6) is 1.62. The van der Waals surface area contributed by atoms with Crippen LogP contribution in [-0.2, 0) is 5.41 Å². The SMILES string of the molecule is CCC(C)(C)c1ccc(OCCC2CCNCC2)c(Cl)c1.Cl. The molecule has 126 valence electrons. The van der Waals surface area contributed by atoms with Gasteiger partial charge in [-0.1, -0.05) is 38.4 Å². The van der Waals surface area contributed by atoms with E-state index >= 15 is 0 Å². The fourth-order valence-electron chi connectivity index (χ4n) is 2.75. The molecule has 0 aromatic heterocycles. The predicted molar refractivity (Wildman–Crippen MR) is 97.7 cm³/mol. The molecule has 0 unspecified atom stereocenters. The Bertz CT molecular complexity index is 456. The summed E-state index contributed by atoms with van der Waals surface area (Å²) >= 11 is 6.38. The molecule has 2 nitrogen and oxygen atoms in total. The van der Waals surface area contributed by atoms with E-state index in [1.54, 1.807) is 0 Å². The third-order valence-corrected chi connectivity index (χ3v) is 5.13. The van der Waals surface area contributed by atoms with Crippen LogP contribution in [0.15, 0.2) is 18.2 Å². The fraction of sp³-hybridized carbons (Fsp3) is 0.667. The highest BCUT2D eigenvalue weighted by molar-refractivity contribution is 6.32. The first-order valence-corrected chi connectivity index (χ1v) is 8.54. The van der Waals surface area contributed by atoms with Crippen LogP contribution in [0.4, 0.5) is 0 Å². The van der Waals surface area contributed by atoms with Gasteiger partial charge in [-0.2, -0.15) is 0 Å². The van der Waals surface area contributed by atoms with E-state index in [-0.39, 0.29) is 17.8 Å². The first kappa shape index (κ1) is 19.6. The Labute approximate surface area is 146 Å². The summed E-state index contributed by atoms with van der Waals surface area (Å²) in [6, 6.07) is 6.23. The normalized spacial score (nSPS) is 16.2. The van der Waals surface area contributed by atoms with Crippen LogP contribution in [0.3, 0.4) is 0 Å². The molecule has 1 aromatic rings. The number of halogens is 2. The molecule has 1 heterocycles. The quantitative estimate of drug-likeness (QED) is 0.763. The number of hydrogen-bond donors (Lipinski definition) is 1. The minimum absolute atomic E-state index is 0. The Morgan fingerprint density at radius 1 is 1.27 bits per heavy atom. The molecule has 1 fully saturated rings. The van der Waals surface area contributed by atoms with Crippen LogP contribution in [0.1, 0.15) is 52.0 Å². The highest BCUT2D eigenvalue weighted by Crippen LogP contribution is 2.33. The summed E-state index contributed by atoms with van der Waals surface area (Å²) in [4.78, 5) is 0. The Balaban J connectivity index is 0.00000242. The van der Waals surface area contributed by atoms with Crippen LogP contribution >= 0.6 is 24.0 Å². The number of piperidine rings is 1. The van der Waals surface area contributed by atoms with Crippen molar-refractivity contribution >= 4 is 24.0 Å². The largest absolute Gasteiger partial charge is 0.492 e. The third-order valence-electron chi connectivity index (χ3n) is 4.84. The van der Waals surface area contributed by atoms with Gasteiger partial charge in [0, 0.05) is 0 Å². The minimum atomic E-state index is 0.